The molecule has 1 amide bonds. The number of likely N-dealkylation sites (N-methyl/N-ethyl adjacent to an activating group) is 1. The molecule has 0 saturated heterocycles. The third-order valence-corrected chi connectivity index (χ3v) is 2.94. The van der Waals surface area contributed by atoms with E-state index in [-0.39, 0.29) is 5.56 Å². The second-order valence-corrected chi connectivity index (χ2v) is 4.42. The predicted molar refractivity (Wildman–Crippen MR) is 71.3 cm³/mol. The van der Waals surface area contributed by atoms with E-state index in [2.05, 4.69) is 4.98 Å². The smallest absolute Gasteiger partial charge is 0.256 e. The van der Waals surface area contributed by atoms with Gasteiger partial charge in [-0.25, -0.2) is 8.78 Å². The number of carbonyl (C=O) groups excluding carboxylic acids is 1. The third kappa shape index (κ3) is 3.38. The second-order valence-electron chi connectivity index (χ2n) is 4.42. The molecule has 0 aliphatic carbocycles. The van der Waals surface area contributed by atoms with Gasteiger partial charge in [-0.05, 0) is 30.3 Å². The van der Waals surface area contributed by atoms with Crippen LogP contribution in [0.15, 0.2) is 42.6 Å². The minimum Gasteiger partial charge on any atom is -0.341 e. The van der Waals surface area contributed by atoms with Crippen LogP contribution in [0.25, 0.3) is 0 Å². The maximum Gasteiger partial charge on any atom is 0.256 e. The Bertz CT molecular complexity index is 602. The summed E-state index contributed by atoms with van der Waals surface area (Å²) < 4.78 is 26.6. The van der Waals surface area contributed by atoms with Crippen LogP contribution in [0.2, 0.25) is 0 Å². The zero-order valence-corrected chi connectivity index (χ0v) is 11.0. The number of benzene rings is 1. The molecule has 0 N–H and O–H groups in total. The summed E-state index contributed by atoms with van der Waals surface area (Å²) in [5, 5.41) is 0. The van der Waals surface area contributed by atoms with Gasteiger partial charge in [0.1, 0.15) is 11.6 Å². The van der Waals surface area contributed by atoms with E-state index in [1.165, 1.54) is 4.90 Å². The lowest BCUT2D eigenvalue weighted by atomic mass is 10.1. The van der Waals surface area contributed by atoms with Gasteiger partial charge in [0, 0.05) is 31.9 Å². The number of hydrogen-bond acceptors (Lipinski definition) is 2. The fraction of sp³-hybridized carbons (Fsp3) is 0.200. The van der Waals surface area contributed by atoms with E-state index in [9.17, 15) is 13.6 Å². The molecule has 0 spiro atoms. The molecule has 104 valence electrons. The SMILES string of the molecule is CN(CCc1ccccn1)C(=O)c1cc(F)ccc1F. The predicted octanol–water partition coefficient (Wildman–Crippen LogP) is 2.67. The van der Waals surface area contributed by atoms with E-state index < -0.39 is 17.5 Å². The Kier molecular flexibility index (Phi) is 4.40. The molecule has 0 fully saturated rings. The standard InChI is InChI=1S/C15H14F2N2O/c1-19(9-7-12-4-2-3-8-18-12)15(20)13-10-11(16)5-6-14(13)17/h2-6,8,10H,7,9H2,1H3. The normalized spacial score (nSPS) is 10.3. The summed E-state index contributed by atoms with van der Waals surface area (Å²) in [4.78, 5) is 17.5. The van der Waals surface area contributed by atoms with Crippen LogP contribution in [0, 0.1) is 11.6 Å². The molecule has 20 heavy (non-hydrogen) atoms. The number of amides is 1. The summed E-state index contributed by atoms with van der Waals surface area (Å²) in [7, 11) is 1.55. The third-order valence-electron chi connectivity index (χ3n) is 2.94. The van der Waals surface area contributed by atoms with Gasteiger partial charge in [0.15, 0.2) is 0 Å². The van der Waals surface area contributed by atoms with Crippen molar-refractivity contribution in [2.45, 2.75) is 6.42 Å². The highest BCUT2D eigenvalue weighted by Crippen LogP contribution is 2.12. The Morgan fingerprint density at radius 2 is 2.05 bits per heavy atom. The molecule has 0 aliphatic rings. The molecule has 5 heteroatoms. The molecule has 0 bridgehead atoms. The van der Waals surface area contributed by atoms with Crippen LogP contribution in [-0.4, -0.2) is 29.4 Å². The Labute approximate surface area is 115 Å². The molecule has 2 aromatic rings. The van der Waals surface area contributed by atoms with E-state index in [1.54, 1.807) is 19.3 Å². The number of aromatic nitrogens is 1. The van der Waals surface area contributed by atoms with E-state index in [1.807, 2.05) is 12.1 Å². The Balaban J connectivity index is 2.03. The molecule has 0 atom stereocenters. The van der Waals surface area contributed by atoms with Crippen molar-refractivity contribution in [3.63, 3.8) is 0 Å². The van der Waals surface area contributed by atoms with E-state index in [0.717, 1.165) is 23.9 Å². The van der Waals surface area contributed by atoms with E-state index in [0.29, 0.717) is 13.0 Å². The number of halogens is 2. The average molecular weight is 276 g/mol. The molecule has 0 aliphatic heterocycles. The van der Waals surface area contributed by atoms with Gasteiger partial charge < -0.3 is 4.90 Å². The Morgan fingerprint density at radius 3 is 2.75 bits per heavy atom. The van der Waals surface area contributed by atoms with Crippen LogP contribution >= 0.6 is 0 Å². The number of nitrogens with zero attached hydrogens (tertiary/aromatic N) is 2. The fourth-order valence-corrected chi connectivity index (χ4v) is 1.80. The topological polar surface area (TPSA) is 33.2 Å². The first kappa shape index (κ1) is 14.1. The molecule has 2 rings (SSSR count). The fourth-order valence-electron chi connectivity index (χ4n) is 1.80. The zero-order valence-electron chi connectivity index (χ0n) is 11.0. The monoisotopic (exact) mass is 276 g/mol. The first-order chi connectivity index (χ1) is 9.58. The van der Waals surface area contributed by atoms with Gasteiger partial charge in [-0.2, -0.15) is 0 Å². The average Bonchev–Trinajstić information content (AvgIpc) is 2.47. The Hall–Kier alpha value is -2.30. The van der Waals surface area contributed by atoms with Crippen molar-refractivity contribution in [3.8, 4) is 0 Å². The molecule has 3 nitrogen and oxygen atoms in total. The summed E-state index contributed by atoms with van der Waals surface area (Å²) >= 11 is 0. The van der Waals surface area contributed by atoms with Crippen LogP contribution < -0.4 is 0 Å². The van der Waals surface area contributed by atoms with Crippen molar-refractivity contribution in [2.75, 3.05) is 13.6 Å². The Morgan fingerprint density at radius 1 is 1.25 bits per heavy atom. The minimum atomic E-state index is -0.721. The number of carbonyl (C=O) groups is 1. The van der Waals surface area contributed by atoms with Gasteiger partial charge in [-0.15, -0.1) is 0 Å². The number of pyridine rings is 1. The van der Waals surface area contributed by atoms with Crippen LogP contribution in [-0.2, 0) is 6.42 Å². The van der Waals surface area contributed by atoms with Crippen LogP contribution in [0.1, 0.15) is 16.1 Å². The summed E-state index contributed by atoms with van der Waals surface area (Å²) in [6, 6.07) is 8.36. The summed E-state index contributed by atoms with van der Waals surface area (Å²) in [5.41, 5.74) is 0.584. The van der Waals surface area contributed by atoms with Crippen LogP contribution in [0.4, 0.5) is 8.78 Å². The molecular weight excluding hydrogens is 262 g/mol. The van der Waals surface area contributed by atoms with Crippen LogP contribution in [0.5, 0.6) is 0 Å². The number of rotatable bonds is 4. The molecule has 0 saturated carbocycles. The lowest BCUT2D eigenvalue weighted by Crippen LogP contribution is -2.29. The molecule has 0 unspecified atom stereocenters. The van der Waals surface area contributed by atoms with Crippen LogP contribution in [0.3, 0.4) is 0 Å². The lowest BCUT2D eigenvalue weighted by molar-refractivity contribution is 0.0791. The maximum atomic E-state index is 13.5. The van der Waals surface area contributed by atoms with E-state index in [4.69, 9.17) is 0 Å². The van der Waals surface area contributed by atoms with Gasteiger partial charge in [0.05, 0.1) is 5.56 Å². The molecule has 0 radical (unpaired) electrons. The van der Waals surface area contributed by atoms with Gasteiger partial charge in [-0.1, -0.05) is 6.07 Å². The van der Waals surface area contributed by atoms with Crippen molar-refractivity contribution >= 4 is 5.91 Å². The van der Waals surface area contributed by atoms with Crippen molar-refractivity contribution < 1.29 is 13.6 Å². The van der Waals surface area contributed by atoms with Gasteiger partial charge >= 0.3 is 0 Å². The molecule has 1 aromatic heterocycles. The van der Waals surface area contributed by atoms with Gasteiger partial charge in [0.25, 0.3) is 5.91 Å². The summed E-state index contributed by atoms with van der Waals surface area (Å²) in [6.45, 7) is 0.381. The highest BCUT2D eigenvalue weighted by Gasteiger charge is 2.16. The molecule has 1 aromatic carbocycles. The molecular formula is C15H14F2N2O. The zero-order chi connectivity index (χ0) is 14.5. The highest BCUT2D eigenvalue weighted by atomic mass is 19.1. The summed E-state index contributed by atoms with van der Waals surface area (Å²) in [6.07, 6.45) is 2.23. The lowest BCUT2D eigenvalue weighted by Gasteiger charge is -2.17. The summed E-state index contributed by atoms with van der Waals surface area (Å²) in [5.74, 6) is -1.90. The first-order valence-corrected chi connectivity index (χ1v) is 6.18. The second kappa shape index (κ2) is 6.23. The van der Waals surface area contributed by atoms with Crippen molar-refractivity contribution in [1.82, 2.24) is 9.88 Å². The highest BCUT2D eigenvalue weighted by molar-refractivity contribution is 5.94. The molecule has 1 heterocycles. The maximum absolute atomic E-state index is 13.5. The van der Waals surface area contributed by atoms with Gasteiger partial charge in [-0.3, -0.25) is 9.78 Å². The van der Waals surface area contributed by atoms with Gasteiger partial charge in [0.2, 0.25) is 0 Å². The van der Waals surface area contributed by atoms with Crippen molar-refractivity contribution in [2.24, 2.45) is 0 Å². The minimum absolute atomic E-state index is 0.256. The first-order valence-electron chi connectivity index (χ1n) is 6.18. The quantitative estimate of drug-likeness (QED) is 0.860. The van der Waals surface area contributed by atoms with Crippen molar-refractivity contribution in [1.29, 1.82) is 0 Å². The van der Waals surface area contributed by atoms with E-state index >= 15 is 0 Å². The largest absolute Gasteiger partial charge is 0.341 e. The number of hydrogen-bond donors (Lipinski definition) is 0. The van der Waals surface area contributed by atoms with Crippen molar-refractivity contribution in [3.05, 3.63) is 65.5 Å².